The third-order valence-corrected chi connectivity index (χ3v) is 5.72. The van der Waals surface area contributed by atoms with Crippen molar-refractivity contribution in [1.82, 2.24) is 10.2 Å². The van der Waals surface area contributed by atoms with Gasteiger partial charge in [-0.05, 0) is 56.3 Å². The second-order valence-corrected chi connectivity index (χ2v) is 7.43. The predicted octanol–water partition coefficient (Wildman–Crippen LogP) is 3.44. The van der Waals surface area contributed by atoms with Crippen LogP contribution in [0.5, 0.6) is 0 Å². The Kier molecular flexibility index (Phi) is 6.00. The van der Waals surface area contributed by atoms with Crippen molar-refractivity contribution in [2.45, 2.75) is 19.3 Å². The highest BCUT2D eigenvalue weighted by Gasteiger charge is 2.26. The van der Waals surface area contributed by atoms with Gasteiger partial charge in [0.05, 0.1) is 10.4 Å². The molecule has 3 rings (SSSR count). The SMILES string of the molecule is CNCCC1CCN(C(=O)c2ccccc2C(=O)c2cccs2)CC1. The molecule has 5 heteroatoms. The van der Waals surface area contributed by atoms with Gasteiger partial charge in [-0.3, -0.25) is 9.59 Å². The Morgan fingerprint density at radius 3 is 2.48 bits per heavy atom. The maximum atomic E-state index is 13.0. The van der Waals surface area contributed by atoms with Crippen LogP contribution in [0.4, 0.5) is 0 Å². The van der Waals surface area contributed by atoms with Gasteiger partial charge in [0.2, 0.25) is 5.78 Å². The first-order valence-electron chi connectivity index (χ1n) is 8.82. The molecule has 0 saturated carbocycles. The molecule has 0 unspecified atom stereocenters. The number of hydrogen-bond acceptors (Lipinski definition) is 4. The van der Waals surface area contributed by atoms with E-state index in [2.05, 4.69) is 5.32 Å². The van der Waals surface area contributed by atoms with Crippen molar-refractivity contribution in [2.75, 3.05) is 26.7 Å². The van der Waals surface area contributed by atoms with Crippen LogP contribution < -0.4 is 5.32 Å². The van der Waals surface area contributed by atoms with E-state index in [1.54, 1.807) is 12.1 Å². The summed E-state index contributed by atoms with van der Waals surface area (Å²) in [7, 11) is 1.97. The van der Waals surface area contributed by atoms with E-state index in [0.29, 0.717) is 21.9 Å². The molecule has 132 valence electrons. The van der Waals surface area contributed by atoms with Crippen LogP contribution >= 0.6 is 11.3 Å². The largest absolute Gasteiger partial charge is 0.339 e. The van der Waals surface area contributed by atoms with Crippen LogP contribution in [-0.2, 0) is 0 Å². The van der Waals surface area contributed by atoms with Crippen LogP contribution in [0.2, 0.25) is 0 Å². The molecule has 2 heterocycles. The highest BCUT2D eigenvalue weighted by Crippen LogP contribution is 2.24. The first-order valence-corrected chi connectivity index (χ1v) is 9.69. The molecule has 1 N–H and O–H groups in total. The van der Waals surface area contributed by atoms with Gasteiger partial charge in [-0.15, -0.1) is 11.3 Å². The molecule has 1 saturated heterocycles. The van der Waals surface area contributed by atoms with Crippen molar-refractivity contribution < 1.29 is 9.59 Å². The van der Waals surface area contributed by atoms with Crippen molar-refractivity contribution in [3.8, 4) is 0 Å². The minimum absolute atomic E-state index is 0.0208. The lowest BCUT2D eigenvalue weighted by molar-refractivity contribution is 0.0683. The Morgan fingerprint density at radius 2 is 1.84 bits per heavy atom. The lowest BCUT2D eigenvalue weighted by atomic mass is 9.92. The van der Waals surface area contributed by atoms with E-state index >= 15 is 0 Å². The van der Waals surface area contributed by atoms with E-state index in [-0.39, 0.29) is 11.7 Å². The fourth-order valence-corrected chi connectivity index (χ4v) is 4.03. The summed E-state index contributed by atoms with van der Waals surface area (Å²) in [5.74, 6) is 0.593. The van der Waals surface area contributed by atoms with Gasteiger partial charge < -0.3 is 10.2 Å². The van der Waals surface area contributed by atoms with Gasteiger partial charge in [0, 0.05) is 18.7 Å². The van der Waals surface area contributed by atoms with E-state index in [1.165, 1.54) is 11.3 Å². The molecule has 0 spiro atoms. The van der Waals surface area contributed by atoms with E-state index < -0.39 is 0 Å². The number of nitrogens with zero attached hydrogens (tertiary/aromatic N) is 1. The van der Waals surface area contributed by atoms with Gasteiger partial charge in [-0.1, -0.05) is 24.3 Å². The van der Waals surface area contributed by atoms with Gasteiger partial charge in [-0.2, -0.15) is 0 Å². The molecular weight excluding hydrogens is 332 g/mol. The number of carbonyl (C=O) groups is 2. The molecular formula is C20H24N2O2S. The van der Waals surface area contributed by atoms with Crippen molar-refractivity contribution in [3.63, 3.8) is 0 Å². The number of benzene rings is 1. The van der Waals surface area contributed by atoms with Gasteiger partial charge in [0.15, 0.2) is 0 Å². The Morgan fingerprint density at radius 1 is 1.12 bits per heavy atom. The lowest BCUT2D eigenvalue weighted by Gasteiger charge is -2.32. The molecule has 1 aliphatic rings. The van der Waals surface area contributed by atoms with E-state index in [1.807, 2.05) is 41.6 Å². The third-order valence-electron chi connectivity index (χ3n) is 4.85. The summed E-state index contributed by atoms with van der Waals surface area (Å²) in [6.07, 6.45) is 3.23. The van der Waals surface area contributed by atoms with Gasteiger partial charge in [0.25, 0.3) is 5.91 Å². The number of piperidine rings is 1. The van der Waals surface area contributed by atoms with Crippen LogP contribution in [-0.4, -0.2) is 43.3 Å². The number of nitrogens with one attached hydrogen (secondary N) is 1. The number of likely N-dealkylation sites (tertiary alicyclic amines) is 1. The molecule has 0 radical (unpaired) electrons. The number of thiophene rings is 1. The third kappa shape index (κ3) is 4.17. The average molecular weight is 356 g/mol. The highest BCUT2D eigenvalue weighted by atomic mass is 32.1. The summed E-state index contributed by atoms with van der Waals surface area (Å²) in [5.41, 5.74) is 1.03. The van der Waals surface area contributed by atoms with Crippen LogP contribution in [0.25, 0.3) is 0 Å². The second kappa shape index (κ2) is 8.41. The van der Waals surface area contributed by atoms with Crippen molar-refractivity contribution >= 4 is 23.0 Å². The summed E-state index contributed by atoms with van der Waals surface area (Å²) in [5, 5.41) is 5.07. The summed E-state index contributed by atoms with van der Waals surface area (Å²) in [4.78, 5) is 28.3. The van der Waals surface area contributed by atoms with E-state index in [4.69, 9.17) is 0 Å². The Balaban J connectivity index is 1.72. The van der Waals surface area contributed by atoms with Crippen LogP contribution in [0.1, 0.15) is 44.9 Å². The van der Waals surface area contributed by atoms with E-state index in [9.17, 15) is 9.59 Å². The van der Waals surface area contributed by atoms with Gasteiger partial charge >= 0.3 is 0 Å². The molecule has 0 aliphatic carbocycles. The molecule has 25 heavy (non-hydrogen) atoms. The van der Waals surface area contributed by atoms with Crippen molar-refractivity contribution in [2.24, 2.45) is 5.92 Å². The first-order chi connectivity index (χ1) is 12.2. The summed E-state index contributed by atoms with van der Waals surface area (Å²) < 4.78 is 0. The number of hydrogen-bond donors (Lipinski definition) is 1. The molecule has 0 atom stereocenters. The predicted molar refractivity (Wildman–Crippen MR) is 101 cm³/mol. The maximum Gasteiger partial charge on any atom is 0.254 e. The van der Waals surface area contributed by atoms with Crippen molar-refractivity contribution in [3.05, 3.63) is 57.8 Å². The van der Waals surface area contributed by atoms with Crippen molar-refractivity contribution in [1.29, 1.82) is 0 Å². The lowest BCUT2D eigenvalue weighted by Crippen LogP contribution is -2.39. The fourth-order valence-electron chi connectivity index (χ4n) is 3.35. The summed E-state index contributed by atoms with van der Waals surface area (Å²) in [6.45, 7) is 2.57. The van der Waals surface area contributed by atoms with Gasteiger partial charge in [0.1, 0.15) is 0 Å². The Hall–Kier alpha value is -1.98. The smallest absolute Gasteiger partial charge is 0.254 e. The minimum atomic E-state index is -0.0668. The number of carbonyl (C=O) groups excluding carboxylic acids is 2. The van der Waals surface area contributed by atoms with Crippen LogP contribution in [0.3, 0.4) is 0 Å². The molecule has 2 aromatic rings. The maximum absolute atomic E-state index is 13.0. The van der Waals surface area contributed by atoms with Gasteiger partial charge in [-0.25, -0.2) is 0 Å². The van der Waals surface area contributed by atoms with Crippen LogP contribution in [0.15, 0.2) is 41.8 Å². The normalized spacial score (nSPS) is 15.3. The first kappa shape index (κ1) is 17.8. The second-order valence-electron chi connectivity index (χ2n) is 6.48. The number of ketones is 1. The highest BCUT2D eigenvalue weighted by molar-refractivity contribution is 7.12. The zero-order valence-corrected chi connectivity index (χ0v) is 15.3. The summed E-state index contributed by atoms with van der Waals surface area (Å²) in [6, 6.07) is 10.9. The molecule has 1 amide bonds. The Bertz CT molecular complexity index is 719. The summed E-state index contributed by atoms with van der Waals surface area (Å²) >= 11 is 1.41. The zero-order valence-electron chi connectivity index (χ0n) is 14.5. The molecule has 1 aliphatic heterocycles. The average Bonchev–Trinajstić information content (AvgIpc) is 3.20. The quantitative estimate of drug-likeness (QED) is 0.807. The zero-order chi connectivity index (χ0) is 17.6. The molecule has 1 aromatic carbocycles. The fraction of sp³-hybridized carbons (Fsp3) is 0.400. The monoisotopic (exact) mass is 356 g/mol. The number of amides is 1. The number of rotatable bonds is 6. The molecule has 1 fully saturated rings. The standard InChI is InChI=1S/C20H24N2O2S/c1-21-11-8-15-9-12-22(13-10-15)20(24)17-6-3-2-5-16(17)19(23)18-7-4-14-25-18/h2-7,14-15,21H,8-13H2,1H3. The van der Waals surface area contributed by atoms with E-state index in [0.717, 1.165) is 38.9 Å². The molecule has 1 aromatic heterocycles. The van der Waals surface area contributed by atoms with Crippen LogP contribution in [0, 0.1) is 5.92 Å². The molecule has 0 bridgehead atoms. The minimum Gasteiger partial charge on any atom is -0.339 e. The topological polar surface area (TPSA) is 49.4 Å². The molecule has 4 nitrogen and oxygen atoms in total. The Labute approximate surface area is 152 Å².